The van der Waals surface area contributed by atoms with E-state index in [0.29, 0.717) is 13.0 Å². The van der Waals surface area contributed by atoms with E-state index in [1.807, 2.05) is 18.2 Å². The number of hydrogen-bond donors (Lipinski definition) is 2. The molecule has 5 nitrogen and oxygen atoms in total. The van der Waals surface area contributed by atoms with Gasteiger partial charge in [0.2, 0.25) is 5.91 Å². The van der Waals surface area contributed by atoms with Gasteiger partial charge in [-0.15, -0.1) is 0 Å². The third kappa shape index (κ3) is 2.79. The van der Waals surface area contributed by atoms with Crippen molar-refractivity contribution in [3.05, 3.63) is 33.8 Å². The number of carboxylic acids is 1. The van der Waals surface area contributed by atoms with Gasteiger partial charge >= 0.3 is 5.97 Å². The number of aliphatic carboxylic acids is 1. The van der Waals surface area contributed by atoms with Gasteiger partial charge in [0.1, 0.15) is 0 Å². The summed E-state index contributed by atoms with van der Waals surface area (Å²) in [6, 6.07) is 5.23. The van der Waals surface area contributed by atoms with Crippen molar-refractivity contribution in [2.75, 3.05) is 13.1 Å². The Kier molecular flexibility index (Phi) is 4.21. The summed E-state index contributed by atoms with van der Waals surface area (Å²) in [5.41, 5.74) is 7.37. The number of hydrogen-bond acceptors (Lipinski definition) is 3. The summed E-state index contributed by atoms with van der Waals surface area (Å²) < 4.78 is 0.959. The molecule has 0 spiro atoms. The van der Waals surface area contributed by atoms with Crippen LogP contribution in [0.5, 0.6) is 0 Å². The summed E-state index contributed by atoms with van der Waals surface area (Å²) in [4.78, 5) is 24.5. The topological polar surface area (TPSA) is 83.6 Å². The third-order valence-electron chi connectivity index (χ3n) is 3.36. The van der Waals surface area contributed by atoms with Crippen molar-refractivity contribution < 1.29 is 14.7 Å². The first-order valence-electron chi connectivity index (χ1n) is 6.03. The van der Waals surface area contributed by atoms with Crippen molar-refractivity contribution in [3.8, 4) is 0 Å². The van der Waals surface area contributed by atoms with Gasteiger partial charge in [-0.25, -0.2) is 0 Å². The number of rotatable bonds is 3. The van der Waals surface area contributed by atoms with Crippen LogP contribution in [0.3, 0.4) is 0 Å². The summed E-state index contributed by atoms with van der Waals surface area (Å²) in [5, 5.41) is 9.05. The zero-order valence-corrected chi connectivity index (χ0v) is 11.9. The van der Waals surface area contributed by atoms with Gasteiger partial charge < -0.3 is 15.7 Å². The fraction of sp³-hybridized carbons (Fsp3) is 0.385. The lowest BCUT2D eigenvalue weighted by Gasteiger charge is -2.37. The molecule has 1 aliphatic rings. The fourth-order valence-electron chi connectivity index (χ4n) is 2.51. The molecule has 19 heavy (non-hydrogen) atoms. The Hall–Kier alpha value is -1.40. The molecule has 0 radical (unpaired) electrons. The predicted molar refractivity (Wildman–Crippen MR) is 73.6 cm³/mol. The summed E-state index contributed by atoms with van der Waals surface area (Å²) in [6.45, 7) is 0.406. The molecule has 1 aliphatic heterocycles. The van der Waals surface area contributed by atoms with Crippen molar-refractivity contribution in [2.24, 2.45) is 5.73 Å². The maximum atomic E-state index is 11.8. The van der Waals surface area contributed by atoms with Gasteiger partial charge in [-0.1, -0.05) is 28.1 Å². The minimum absolute atomic E-state index is 0.0978. The first-order chi connectivity index (χ1) is 9.04. The minimum Gasteiger partial charge on any atom is -0.481 e. The molecule has 6 heteroatoms. The van der Waals surface area contributed by atoms with Gasteiger partial charge in [-0.2, -0.15) is 0 Å². The average molecular weight is 327 g/mol. The van der Waals surface area contributed by atoms with Gasteiger partial charge in [-0.3, -0.25) is 9.59 Å². The van der Waals surface area contributed by atoms with Gasteiger partial charge in [-0.05, 0) is 23.6 Å². The van der Waals surface area contributed by atoms with E-state index >= 15 is 0 Å². The normalized spacial score (nSPS) is 18.0. The molecule has 0 saturated heterocycles. The number of amides is 1. The van der Waals surface area contributed by atoms with E-state index in [1.54, 1.807) is 4.90 Å². The molecular weight excluding hydrogens is 312 g/mol. The van der Waals surface area contributed by atoms with Crippen molar-refractivity contribution in [1.29, 1.82) is 0 Å². The molecule has 2 rings (SSSR count). The van der Waals surface area contributed by atoms with E-state index in [0.717, 1.165) is 15.6 Å². The van der Waals surface area contributed by atoms with E-state index in [4.69, 9.17) is 10.8 Å². The Bertz CT molecular complexity index is 519. The molecule has 3 N–H and O–H groups in total. The first kappa shape index (κ1) is 14.0. The second-order valence-electron chi connectivity index (χ2n) is 4.46. The van der Waals surface area contributed by atoms with E-state index in [1.165, 1.54) is 0 Å². The van der Waals surface area contributed by atoms with E-state index < -0.39 is 12.0 Å². The highest BCUT2D eigenvalue weighted by atomic mass is 79.9. The first-order valence-corrected chi connectivity index (χ1v) is 6.82. The maximum Gasteiger partial charge on any atom is 0.305 e. The molecule has 0 fully saturated rings. The number of nitrogens with zero attached hydrogens (tertiary/aromatic N) is 1. The second kappa shape index (κ2) is 5.71. The molecule has 1 atom stereocenters. The highest BCUT2D eigenvalue weighted by Crippen LogP contribution is 2.35. The van der Waals surface area contributed by atoms with Crippen LogP contribution >= 0.6 is 15.9 Å². The van der Waals surface area contributed by atoms with Gasteiger partial charge in [0, 0.05) is 11.0 Å². The van der Waals surface area contributed by atoms with Crippen LogP contribution < -0.4 is 5.73 Å². The molecule has 1 amide bonds. The van der Waals surface area contributed by atoms with Crippen molar-refractivity contribution in [3.63, 3.8) is 0 Å². The number of carbonyl (C=O) groups excluding carboxylic acids is 1. The van der Waals surface area contributed by atoms with Gasteiger partial charge in [0.15, 0.2) is 0 Å². The average Bonchev–Trinajstić information content (AvgIpc) is 2.38. The molecule has 0 bridgehead atoms. The largest absolute Gasteiger partial charge is 0.481 e. The Balaban J connectivity index is 2.42. The molecule has 0 aliphatic carbocycles. The van der Waals surface area contributed by atoms with Crippen LogP contribution in [0.1, 0.15) is 23.6 Å². The predicted octanol–water partition coefficient (Wildman–Crippen LogP) is 1.31. The molecule has 1 aromatic rings. The molecular formula is C13H15BrN2O3. The molecule has 0 aromatic heterocycles. The van der Waals surface area contributed by atoms with Gasteiger partial charge in [0.05, 0.1) is 19.0 Å². The monoisotopic (exact) mass is 326 g/mol. The van der Waals surface area contributed by atoms with E-state index in [-0.39, 0.29) is 18.9 Å². The molecule has 102 valence electrons. The fourth-order valence-corrected chi connectivity index (χ4v) is 3.09. The van der Waals surface area contributed by atoms with Crippen LogP contribution in [-0.4, -0.2) is 35.0 Å². The van der Waals surface area contributed by atoms with Crippen LogP contribution in [0.25, 0.3) is 0 Å². The number of carbonyl (C=O) groups is 2. The van der Waals surface area contributed by atoms with Crippen molar-refractivity contribution in [1.82, 2.24) is 4.90 Å². The van der Waals surface area contributed by atoms with E-state index in [2.05, 4.69) is 15.9 Å². The second-order valence-corrected chi connectivity index (χ2v) is 5.32. The number of benzene rings is 1. The number of nitrogens with two attached hydrogens (primary N) is 1. The van der Waals surface area contributed by atoms with Crippen LogP contribution in [-0.2, 0) is 16.0 Å². The standard InChI is InChI=1S/C13H15BrN2O3/c14-10-3-1-2-9-8(10)4-5-16(12(17)7-15)11(9)6-13(18)19/h1-3,11H,4-7,15H2,(H,18,19). The van der Waals surface area contributed by atoms with Crippen LogP contribution in [0.15, 0.2) is 22.7 Å². The zero-order chi connectivity index (χ0) is 14.0. The summed E-state index contributed by atoms with van der Waals surface area (Å²) >= 11 is 3.47. The number of carboxylic acid groups (broad SMARTS) is 1. The van der Waals surface area contributed by atoms with E-state index in [9.17, 15) is 9.59 Å². The quantitative estimate of drug-likeness (QED) is 0.877. The highest BCUT2D eigenvalue weighted by Gasteiger charge is 2.32. The maximum absolute atomic E-state index is 11.8. The lowest BCUT2D eigenvalue weighted by atomic mass is 9.90. The van der Waals surface area contributed by atoms with Crippen molar-refractivity contribution in [2.45, 2.75) is 18.9 Å². The number of halogens is 1. The Labute approximate surface area is 119 Å². The lowest BCUT2D eigenvalue weighted by molar-refractivity contribution is -0.141. The Morgan fingerprint density at radius 1 is 1.47 bits per heavy atom. The molecule has 1 aromatic carbocycles. The SMILES string of the molecule is NCC(=O)N1CCc2c(Br)cccc2C1CC(=O)O. The summed E-state index contributed by atoms with van der Waals surface area (Å²) in [6.07, 6.45) is 0.605. The van der Waals surface area contributed by atoms with Crippen molar-refractivity contribution >= 4 is 27.8 Å². The Morgan fingerprint density at radius 2 is 2.21 bits per heavy atom. The molecule has 1 heterocycles. The summed E-state index contributed by atoms with van der Waals surface area (Å²) in [5.74, 6) is -1.13. The zero-order valence-electron chi connectivity index (χ0n) is 10.3. The van der Waals surface area contributed by atoms with Crippen LogP contribution in [0.4, 0.5) is 0 Å². The highest BCUT2D eigenvalue weighted by molar-refractivity contribution is 9.10. The van der Waals surface area contributed by atoms with Gasteiger partial charge in [0.25, 0.3) is 0 Å². The molecule has 1 unspecified atom stereocenters. The summed E-state index contributed by atoms with van der Waals surface area (Å²) in [7, 11) is 0. The molecule has 0 saturated carbocycles. The smallest absolute Gasteiger partial charge is 0.305 e. The van der Waals surface area contributed by atoms with Crippen LogP contribution in [0, 0.1) is 0 Å². The number of fused-ring (bicyclic) bond motifs is 1. The Morgan fingerprint density at radius 3 is 2.84 bits per heavy atom. The minimum atomic E-state index is -0.923. The lowest BCUT2D eigenvalue weighted by Crippen LogP contribution is -2.43. The van der Waals surface area contributed by atoms with Crippen LogP contribution in [0.2, 0.25) is 0 Å². The third-order valence-corrected chi connectivity index (χ3v) is 4.10.